The molecule has 0 unspecified atom stereocenters. The van der Waals surface area contributed by atoms with Gasteiger partial charge in [0.15, 0.2) is 0 Å². The highest BCUT2D eigenvalue weighted by Gasteiger charge is 2.16. The Morgan fingerprint density at radius 2 is 1.79 bits per heavy atom. The first-order valence-electron chi connectivity index (χ1n) is 5.59. The standard InChI is InChI=1S/C13H11BClFO2S/c15-10-2-4-11(5-3-10)19-8-9-1-6-13(16)12(7-9)14(17)18/h1-7,17-18H,8H2. The number of hydrogen-bond acceptors (Lipinski definition) is 3. The van der Waals surface area contributed by atoms with E-state index in [9.17, 15) is 4.39 Å². The van der Waals surface area contributed by atoms with E-state index in [2.05, 4.69) is 0 Å². The van der Waals surface area contributed by atoms with E-state index in [1.165, 1.54) is 12.1 Å². The highest BCUT2D eigenvalue weighted by Crippen LogP contribution is 2.24. The van der Waals surface area contributed by atoms with Crippen molar-refractivity contribution in [3.63, 3.8) is 0 Å². The molecule has 0 aromatic heterocycles. The minimum absolute atomic E-state index is 0.103. The second-order valence-corrected chi connectivity index (χ2v) is 5.46. The van der Waals surface area contributed by atoms with E-state index < -0.39 is 12.9 Å². The summed E-state index contributed by atoms with van der Waals surface area (Å²) in [6.45, 7) is 0. The summed E-state index contributed by atoms with van der Waals surface area (Å²) in [6, 6.07) is 11.7. The molecule has 2 aromatic carbocycles. The predicted octanol–water partition coefficient (Wildman–Crippen LogP) is 2.45. The van der Waals surface area contributed by atoms with E-state index in [4.69, 9.17) is 21.6 Å². The van der Waals surface area contributed by atoms with Crippen molar-refractivity contribution < 1.29 is 14.4 Å². The summed E-state index contributed by atoms with van der Waals surface area (Å²) in [5.74, 6) is -0.00279. The Balaban J connectivity index is 2.07. The number of benzene rings is 2. The Kier molecular flexibility index (Phi) is 4.88. The average Bonchev–Trinajstić information content (AvgIpc) is 2.39. The SMILES string of the molecule is OB(O)c1cc(CSc2ccc(Cl)cc2)ccc1F. The zero-order valence-corrected chi connectivity index (χ0v) is 11.5. The molecular weight excluding hydrogens is 285 g/mol. The van der Waals surface area contributed by atoms with Gasteiger partial charge in [0.1, 0.15) is 5.82 Å². The number of rotatable bonds is 4. The van der Waals surface area contributed by atoms with Crippen molar-refractivity contribution in [1.29, 1.82) is 0 Å². The molecule has 0 aliphatic carbocycles. The van der Waals surface area contributed by atoms with E-state index in [1.807, 2.05) is 12.1 Å². The summed E-state index contributed by atoms with van der Waals surface area (Å²) < 4.78 is 13.3. The molecule has 2 aromatic rings. The van der Waals surface area contributed by atoms with Crippen molar-refractivity contribution in [3.8, 4) is 0 Å². The van der Waals surface area contributed by atoms with Crippen molar-refractivity contribution in [2.75, 3.05) is 0 Å². The normalized spacial score (nSPS) is 10.5. The van der Waals surface area contributed by atoms with Crippen LogP contribution in [0.1, 0.15) is 5.56 Å². The second-order valence-electron chi connectivity index (χ2n) is 3.97. The lowest BCUT2D eigenvalue weighted by Crippen LogP contribution is -2.32. The van der Waals surface area contributed by atoms with Gasteiger partial charge in [-0.25, -0.2) is 4.39 Å². The van der Waals surface area contributed by atoms with Crippen LogP contribution in [0.3, 0.4) is 0 Å². The largest absolute Gasteiger partial charge is 0.491 e. The summed E-state index contributed by atoms with van der Waals surface area (Å²) >= 11 is 7.36. The summed E-state index contributed by atoms with van der Waals surface area (Å²) in [5, 5.41) is 18.8. The third kappa shape index (κ3) is 3.98. The summed E-state index contributed by atoms with van der Waals surface area (Å²) in [7, 11) is -1.79. The van der Waals surface area contributed by atoms with Gasteiger partial charge in [0.05, 0.1) is 0 Å². The predicted molar refractivity (Wildman–Crippen MR) is 77.2 cm³/mol. The molecule has 0 amide bonds. The quantitative estimate of drug-likeness (QED) is 0.672. The second kappa shape index (κ2) is 6.43. The molecule has 0 spiro atoms. The number of thioether (sulfide) groups is 1. The van der Waals surface area contributed by atoms with Crippen LogP contribution >= 0.6 is 23.4 Å². The van der Waals surface area contributed by atoms with Crippen LogP contribution in [0, 0.1) is 5.82 Å². The maximum Gasteiger partial charge on any atom is 0.491 e. The molecule has 2 rings (SSSR count). The Bertz CT molecular complexity index is 563. The van der Waals surface area contributed by atoms with E-state index in [1.54, 1.807) is 30.0 Å². The van der Waals surface area contributed by atoms with Crippen LogP contribution in [0.15, 0.2) is 47.4 Å². The van der Waals surface area contributed by atoms with Gasteiger partial charge in [0.25, 0.3) is 0 Å². The Hall–Kier alpha value is -1.01. The Morgan fingerprint density at radius 3 is 2.42 bits per heavy atom. The molecule has 0 aliphatic heterocycles. The molecule has 0 saturated heterocycles. The van der Waals surface area contributed by atoms with Crippen molar-refractivity contribution in [3.05, 3.63) is 58.9 Å². The minimum Gasteiger partial charge on any atom is -0.423 e. The van der Waals surface area contributed by atoms with Crippen LogP contribution in [0.25, 0.3) is 0 Å². The van der Waals surface area contributed by atoms with Gasteiger partial charge in [0.2, 0.25) is 0 Å². The highest BCUT2D eigenvalue weighted by molar-refractivity contribution is 7.98. The summed E-state index contributed by atoms with van der Waals surface area (Å²) in [4.78, 5) is 1.04. The van der Waals surface area contributed by atoms with E-state index in [0.717, 1.165) is 10.5 Å². The maximum atomic E-state index is 13.3. The fourth-order valence-electron chi connectivity index (χ4n) is 1.58. The third-order valence-electron chi connectivity index (χ3n) is 2.56. The van der Waals surface area contributed by atoms with E-state index in [-0.39, 0.29) is 5.46 Å². The zero-order valence-electron chi connectivity index (χ0n) is 9.88. The molecule has 2 nitrogen and oxygen atoms in total. The Labute approximate surface area is 120 Å². The van der Waals surface area contributed by atoms with Crippen molar-refractivity contribution in [2.24, 2.45) is 0 Å². The number of hydrogen-bond donors (Lipinski definition) is 2. The van der Waals surface area contributed by atoms with Gasteiger partial charge >= 0.3 is 7.12 Å². The lowest BCUT2D eigenvalue weighted by molar-refractivity contribution is 0.423. The van der Waals surface area contributed by atoms with Crippen LogP contribution in [0.2, 0.25) is 5.02 Å². The van der Waals surface area contributed by atoms with Crippen molar-refractivity contribution in [2.45, 2.75) is 10.6 Å². The van der Waals surface area contributed by atoms with Gasteiger partial charge in [0, 0.05) is 21.1 Å². The fourth-order valence-corrected chi connectivity index (χ4v) is 2.55. The molecule has 0 radical (unpaired) electrons. The zero-order chi connectivity index (χ0) is 13.8. The molecule has 6 heteroatoms. The van der Waals surface area contributed by atoms with Gasteiger partial charge in [-0.2, -0.15) is 0 Å². The summed E-state index contributed by atoms with van der Waals surface area (Å²) in [6.07, 6.45) is 0. The average molecular weight is 297 g/mol. The lowest BCUT2D eigenvalue weighted by Gasteiger charge is -2.06. The monoisotopic (exact) mass is 296 g/mol. The molecule has 0 aliphatic rings. The Morgan fingerprint density at radius 1 is 1.11 bits per heavy atom. The molecule has 0 saturated carbocycles. The molecular formula is C13H11BClFO2S. The van der Waals surface area contributed by atoms with Crippen LogP contribution < -0.4 is 5.46 Å². The first kappa shape index (κ1) is 14.4. The van der Waals surface area contributed by atoms with Crippen LogP contribution in [0.5, 0.6) is 0 Å². The van der Waals surface area contributed by atoms with Crippen LogP contribution in [-0.2, 0) is 5.75 Å². The molecule has 0 atom stereocenters. The minimum atomic E-state index is -1.79. The summed E-state index contributed by atoms with van der Waals surface area (Å²) in [5.41, 5.74) is 0.721. The first-order chi connectivity index (χ1) is 9.06. The van der Waals surface area contributed by atoms with Crippen LogP contribution in [0.4, 0.5) is 4.39 Å². The van der Waals surface area contributed by atoms with Crippen LogP contribution in [-0.4, -0.2) is 17.2 Å². The first-order valence-corrected chi connectivity index (χ1v) is 6.95. The number of halogens is 2. The fraction of sp³-hybridized carbons (Fsp3) is 0.0769. The van der Waals surface area contributed by atoms with Gasteiger partial charge in [-0.1, -0.05) is 23.7 Å². The molecule has 0 fully saturated rings. The van der Waals surface area contributed by atoms with Crippen molar-refractivity contribution in [1.82, 2.24) is 0 Å². The third-order valence-corrected chi connectivity index (χ3v) is 3.89. The topological polar surface area (TPSA) is 40.5 Å². The van der Waals surface area contributed by atoms with Gasteiger partial charge < -0.3 is 10.0 Å². The van der Waals surface area contributed by atoms with E-state index >= 15 is 0 Å². The van der Waals surface area contributed by atoms with E-state index in [0.29, 0.717) is 10.8 Å². The molecule has 0 bridgehead atoms. The molecule has 98 valence electrons. The maximum absolute atomic E-state index is 13.3. The highest BCUT2D eigenvalue weighted by atomic mass is 35.5. The molecule has 0 heterocycles. The lowest BCUT2D eigenvalue weighted by atomic mass is 9.79. The van der Waals surface area contributed by atoms with Gasteiger partial charge in [-0.15, -0.1) is 11.8 Å². The van der Waals surface area contributed by atoms with Gasteiger partial charge in [-0.05, 0) is 35.9 Å². The van der Waals surface area contributed by atoms with Crippen molar-refractivity contribution >= 4 is 35.9 Å². The smallest absolute Gasteiger partial charge is 0.423 e. The molecule has 2 N–H and O–H groups in total. The van der Waals surface area contributed by atoms with Gasteiger partial charge in [-0.3, -0.25) is 0 Å². The molecule has 19 heavy (non-hydrogen) atoms.